The molecule has 2 rings (SSSR count). The molecular weight excluding hydrogens is 348 g/mol. The number of piperidine rings is 1. The molecule has 0 saturated carbocycles. The van der Waals surface area contributed by atoms with Crippen molar-refractivity contribution in [3.8, 4) is 0 Å². The lowest BCUT2D eigenvalue weighted by Crippen LogP contribution is -2.45. The summed E-state index contributed by atoms with van der Waals surface area (Å²) in [6.07, 6.45) is 1.82. The van der Waals surface area contributed by atoms with Crippen molar-refractivity contribution in [1.29, 1.82) is 0 Å². The lowest BCUT2D eigenvalue weighted by molar-refractivity contribution is -0.116. The highest BCUT2D eigenvalue weighted by atomic mass is 16.6. The Hall–Kier alpha value is -2.61. The predicted octanol–water partition coefficient (Wildman–Crippen LogP) is 2.18. The van der Waals surface area contributed by atoms with Gasteiger partial charge in [-0.1, -0.05) is 0 Å². The molecular formula is C19H28N4O4. The molecule has 148 valence electrons. The molecule has 27 heavy (non-hydrogen) atoms. The molecule has 3 N–H and O–H groups in total. The average molecular weight is 376 g/mol. The summed E-state index contributed by atoms with van der Waals surface area (Å²) in [6.45, 7) is 5.56. The minimum atomic E-state index is -0.250. The van der Waals surface area contributed by atoms with Crippen LogP contribution in [0.4, 0.5) is 16.2 Å². The fourth-order valence-electron chi connectivity index (χ4n) is 2.93. The van der Waals surface area contributed by atoms with Gasteiger partial charge in [0.15, 0.2) is 0 Å². The minimum absolute atomic E-state index is 0.0706. The first-order valence-electron chi connectivity index (χ1n) is 9.30. The van der Waals surface area contributed by atoms with Gasteiger partial charge in [0.1, 0.15) is 0 Å². The topological polar surface area (TPSA) is 99.8 Å². The van der Waals surface area contributed by atoms with Crippen LogP contribution in [0.1, 0.15) is 33.1 Å². The van der Waals surface area contributed by atoms with Gasteiger partial charge in [0.05, 0.1) is 6.61 Å². The number of carbonyl (C=O) groups is 3. The van der Waals surface area contributed by atoms with Crippen molar-refractivity contribution in [3.05, 3.63) is 24.3 Å². The largest absolute Gasteiger partial charge is 0.450 e. The van der Waals surface area contributed by atoms with E-state index in [1.54, 1.807) is 36.1 Å². The van der Waals surface area contributed by atoms with Crippen LogP contribution in [0.5, 0.6) is 0 Å². The van der Waals surface area contributed by atoms with Gasteiger partial charge in [-0.15, -0.1) is 0 Å². The van der Waals surface area contributed by atoms with E-state index in [4.69, 9.17) is 4.74 Å². The summed E-state index contributed by atoms with van der Waals surface area (Å²) < 4.78 is 5.00. The zero-order chi connectivity index (χ0) is 19.6. The zero-order valence-electron chi connectivity index (χ0n) is 15.9. The highest BCUT2D eigenvalue weighted by molar-refractivity contribution is 5.92. The number of likely N-dealkylation sites (tertiary alicyclic amines) is 1. The van der Waals surface area contributed by atoms with E-state index >= 15 is 0 Å². The summed E-state index contributed by atoms with van der Waals surface area (Å²) in [5.74, 6) is -0.204. The molecule has 0 spiro atoms. The van der Waals surface area contributed by atoms with Crippen molar-refractivity contribution in [2.75, 3.05) is 36.9 Å². The van der Waals surface area contributed by atoms with Crippen LogP contribution in [-0.2, 0) is 14.3 Å². The van der Waals surface area contributed by atoms with E-state index in [-0.39, 0.29) is 17.9 Å². The van der Waals surface area contributed by atoms with Gasteiger partial charge in [-0.05, 0) is 44.0 Å². The van der Waals surface area contributed by atoms with Crippen LogP contribution >= 0.6 is 0 Å². The Labute approximate surface area is 159 Å². The lowest BCUT2D eigenvalue weighted by Gasteiger charge is -2.31. The number of ether oxygens (including phenoxy) is 1. The van der Waals surface area contributed by atoms with E-state index in [0.29, 0.717) is 50.1 Å². The Bertz CT molecular complexity index is 640. The van der Waals surface area contributed by atoms with E-state index in [1.165, 1.54) is 6.92 Å². The van der Waals surface area contributed by atoms with Gasteiger partial charge in [-0.2, -0.15) is 0 Å². The summed E-state index contributed by atoms with van der Waals surface area (Å²) in [7, 11) is 0. The van der Waals surface area contributed by atoms with Gasteiger partial charge in [0.25, 0.3) is 0 Å². The molecule has 1 heterocycles. The molecule has 0 atom stereocenters. The quantitative estimate of drug-likeness (QED) is 0.677. The molecule has 8 nitrogen and oxygen atoms in total. The van der Waals surface area contributed by atoms with Crippen LogP contribution < -0.4 is 16.0 Å². The normalized spacial score (nSPS) is 14.5. The minimum Gasteiger partial charge on any atom is -0.450 e. The fourth-order valence-corrected chi connectivity index (χ4v) is 2.93. The SMILES string of the molecule is CCOC(=O)N1CCC(NCCC(=O)Nc2ccc(NC(C)=O)cc2)CC1. The summed E-state index contributed by atoms with van der Waals surface area (Å²) in [5.41, 5.74) is 1.38. The maximum Gasteiger partial charge on any atom is 0.409 e. The first-order chi connectivity index (χ1) is 13.0. The number of benzene rings is 1. The Morgan fingerprint density at radius 3 is 2.22 bits per heavy atom. The molecule has 1 aromatic rings. The molecule has 3 amide bonds. The molecule has 1 aliphatic rings. The van der Waals surface area contributed by atoms with Gasteiger partial charge >= 0.3 is 6.09 Å². The van der Waals surface area contributed by atoms with Crippen molar-refractivity contribution in [1.82, 2.24) is 10.2 Å². The van der Waals surface area contributed by atoms with Crippen molar-refractivity contribution in [2.45, 2.75) is 39.2 Å². The molecule has 0 bridgehead atoms. The van der Waals surface area contributed by atoms with Crippen molar-refractivity contribution in [3.63, 3.8) is 0 Å². The molecule has 0 radical (unpaired) electrons. The molecule has 1 saturated heterocycles. The lowest BCUT2D eigenvalue weighted by atomic mass is 10.1. The molecule has 1 fully saturated rings. The van der Waals surface area contributed by atoms with Crippen LogP contribution in [0.25, 0.3) is 0 Å². The van der Waals surface area contributed by atoms with Crippen LogP contribution in [0.2, 0.25) is 0 Å². The summed E-state index contributed by atoms with van der Waals surface area (Å²) in [4.78, 5) is 36.4. The molecule has 0 aliphatic carbocycles. The maximum atomic E-state index is 12.0. The van der Waals surface area contributed by atoms with Crippen LogP contribution in [0.15, 0.2) is 24.3 Å². The number of nitrogens with zero attached hydrogens (tertiary/aromatic N) is 1. The third-order valence-electron chi connectivity index (χ3n) is 4.30. The highest BCUT2D eigenvalue weighted by Gasteiger charge is 2.23. The molecule has 8 heteroatoms. The number of hydrogen-bond acceptors (Lipinski definition) is 5. The number of hydrogen-bond donors (Lipinski definition) is 3. The van der Waals surface area contributed by atoms with Crippen LogP contribution in [0, 0.1) is 0 Å². The van der Waals surface area contributed by atoms with E-state index < -0.39 is 0 Å². The Morgan fingerprint density at radius 1 is 1.07 bits per heavy atom. The number of anilines is 2. The molecule has 1 aliphatic heterocycles. The van der Waals surface area contributed by atoms with E-state index in [2.05, 4.69) is 16.0 Å². The first kappa shape index (κ1) is 20.7. The number of amides is 3. The van der Waals surface area contributed by atoms with Crippen molar-refractivity contribution in [2.24, 2.45) is 0 Å². The third kappa shape index (κ3) is 7.26. The number of rotatable bonds is 7. The Morgan fingerprint density at radius 2 is 1.67 bits per heavy atom. The number of carbonyl (C=O) groups excluding carboxylic acids is 3. The molecule has 0 unspecified atom stereocenters. The summed E-state index contributed by atoms with van der Waals surface area (Å²) in [6, 6.07) is 7.29. The summed E-state index contributed by atoms with van der Waals surface area (Å²) in [5, 5.41) is 8.89. The smallest absolute Gasteiger partial charge is 0.409 e. The molecule has 0 aromatic heterocycles. The second-order valence-electron chi connectivity index (χ2n) is 6.47. The summed E-state index contributed by atoms with van der Waals surface area (Å²) >= 11 is 0. The average Bonchev–Trinajstić information content (AvgIpc) is 2.64. The van der Waals surface area contributed by atoms with E-state index in [9.17, 15) is 14.4 Å². The highest BCUT2D eigenvalue weighted by Crippen LogP contribution is 2.14. The van der Waals surface area contributed by atoms with Gasteiger partial charge in [0.2, 0.25) is 11.8 Å². The van der Waals surface area contributed by atoms with Crippen molar-refractivity contribution < 1.29 is 19.1 Å². The third-order valence-corrected chi connectivity index (χ3v) is 4.30. The van der Waals surface area contributed by atoms with Gasteiger partial charge in [-0.25, -0.2) is 4.79 Å². The monoisotopic (exact) mass is 376 g/mol. The second-order valence-corrected chi connectivity index (χ2v) is 6.47. The maximum absolute atomic E-state index is 12.0. The van der Waals surface area contributed by atoms with E-state index in [1.807, 2.05) is 0 Å². The second kappa shape index (κ2) is 10.5. The van der Waals surface area contributed by atoms with Gasteiger partial charge in [0, 0.05) is 50.4 Å². The number of nitrogens with one attached hydrogen (secondary N) is 3. The Balaban J connectivity index is 1.64. The predicted molar refractivity (Wildman–Crippen MR) is 104 cm³/mol. The first-order valence-corrected chi connectivity index (χ1v) is 9.30. The van der Waals surface area contributed by atoms with Crippen LogP contribution in [-0.4, -0.2) is 55.1 Å². The Kier molecular flexibility index (Phi) is 8.06. The van der Waals surface area contributed by atoms with E-state index in [0.717, 1.165) is 12.8 Å². The van der Waals surface area contributed by atoms with Gasteiger partial charge < -0.3 is 25.6 Å². The fraction of sp³-hybridized carbons (Fsp3) is 0.526. The molecule has 1 aromatic carbocycles. The van der Waals surface area contributed by atoms with Crippen molar-refractivity contribution >= 4 is 29.3 Å². The van der Waals surface area contributed by atoms with Gasteiger partial charge in [-0.3, -0.25) is 9.59 Å². The standard InChI is InChI=1S/C19H28N4O4/c1-3-27-19(26)23-12-9-15(10-13-23)20-11-8-18(25)22-17-6-4-16(5-7-17)21-14(2)24/h4-7,15,20H,3,8-13H2,1-2H3,(H,21,24)(H,22,25). The zero-order valence-corrected chi connectivity index (χ0v) is 15.9. The van der Waals surface area contributed by atoms with Crippen LogP contribution in [0.3, 0.4) is 0 Å².